The zero-order chi connectivity index (χ0) is 11.5. The molecule has 1 heterocycles. The lowest BCUT2D eigenvalue weighted by atomic mass is 9.99. The first-order chi connectivity index (χ1) is 7.65. The molecule has 1 atom stereocenters. The summed E-state index contributed by atoms with van der Waals surface area (Å²) in [6, 6.07) is 5.44. The quantitative estimate of drug-likeness (QED) is 0.820. The fourth-order valence-electron chi connectivity index (χ4n) is 2.01. The summed E-state index contributed by atoms with van der Waals surface area (Å²) in [6.45, 7) is 6.31. The third-order valence-corrected chi connectivity index (χ3v) is 2.89. The number of hydrogen-bond acceptors (Lipinski definition) is 2. The van der Waals surface area contributed by atoms with Crippen molar-refractivity contribution >= 4 is 5.69 Å². The van der Waals surface area contributed by atoms with Crippen LogP contribution in [-0.2, 0) is 6.42 Å². The smallest absolute Gasteiger partial charge is 0.125 e. The van der Waals surface area contributed by atoms with Crippen LogP contribution in [0.3, 0.4) is 0 Å². The summed E-state index contributed by atoms with van der Waals surface area (Å²) in [4.78, 5) is 0. The number of anilines is 1. The van der Waals surface area contributed by atoms with Crippen LogP contribution in [0.5, 0.6) is 0 Å². The van der Waals surface area contributed by atoms with Gasteiger partial charge in [0, 0.05) is 18.3 Å². The first-order valence-electron chi connectivity index (χ1n) is 5.91. The highest BCUT2D eigenvalue weighted by atomic mass is 19.1. The number of fused-ring (bicyclic) bond motifs is 1. The molecule has 3 heteroatoms. The Morgan fingerprint density at radius 3 is 3.06 bits per heavy atom. The summed E-state index contributed by atoms with van der Waals surface area (Å²) in [6.07, 6.45) is 0.981. The minimum absolute atomic E-state index is 0.167. The Morgan fingerprint density at radius 2 is 2.31 bits per heavy atom. The van der Waals surface area contributed by atoms with E-state index in [2.05, 4.69) is 24.5 Å². The molecule has 0 saturated carbocycles. The second-order valence-corrected chi connectivity index (χ2v) is 4.89. The highest BCUT2D eigenvalue weighted by molar-refractivity contribution is 5.53. The van der Waals surface area contributed by atoms with E-state index in [4.69, 9.17) is 0 Å². The average Bonchev–Trinajstić information content (AvgIpc) is 2.26. The monoisotopic (exact) mass is 222 g/mol. The number of rotatable bonds is 3. The summed E-state index contributed by atoms with van der Waals surface area (Å²) in [5, 5.41) is 6.80. The maximum absolute atomic E-state index is 13.0. The molecule has 0 spiro atoms. The molecule has 1 unspecified atom stereocenters. The van der Waals surface area contributed by atoms with Gasteiger partial charge in [-0.05, 0) is 36.6 Å². The summed E-state index contributed by atoms with van der Waals surface area (Å²) in [7, 11) is 0. The van der Waals surface area contributed by atoms with Crippen LogP contribution in [0.1, 0.15) is 19.4 Å². The van der Waals surface area contributed by atoms with Gasteiger partial charge in [-0.1, -0.05) is 19.9 Å². The molecule has 0 amide bonds. The van der Waals surface area contributed by atoms with E-state index in [9.17, 15) is 4.39 Å². The fourth-order valence-corrected chi connectivity index (χ4v) is 2.01. The molecular formula is C13H19FN2. The van der Waals surface area contributed by atoms with Gasteiger partial charge in [0.25, 0.3) is 0 Å². The molecule has 0 aliphatic carbocycles. The van der Waals surface area contributed by atoms with E-state index in [0.717, 1.165) is 25.2 Å². The Bertz CT molecular complexity index is 363. The van der Waals surface area contributed by atoms with E-state index in [0.29, 0.717) is 12.0 Å². The van der Waals surface area contributed by atoms with Crippen molar-refractivity contribution in [1.29, 1.82) is 0 Å². The van der Waals surface area contributed by atoms with Crippen LogP contribution < -0.4 is 10.6 Å². The Morgan fingerprint density at radius 1 is 1.50 bits per heavy atom. The molecule has 2 rings (SSSR count). The minimum atomic E-state index is -0.167. The lowest BCUT2D eigenvalue weighted by molar-refractivity contribution is 0.465. The van der Waals surface area contributed by atoms with Crippen molar-refractivity contribution in [3.05, 3.63) is 29.6 Å². The SMILES string of the molecule is CC(C)CNC1CNc2cc(F)ccc2C1. The molecule has 0 aromatic heterocycles. The van der Waals surface area contributed by atoms with Crippen LogP contribution in [0.2, 0.25) is 0 Å². The standard InChI is InChI=1S/C13H19FN2/c1-9(2)7-15-12-5-10-3-4-11(14)6-13(10)16-8-12/h3-4,6,9,12,15-16H,5,7-8H2,1-2H3. The lowest BCUT2D eigenvalue weighted by Gasteiger charge is -2.27. The summed E-state index contributed by atoms with van der Waals surface area (Å²) in [5.74, 6) is 0.495. The Hall–Kier alpha value is -1.09. The first-order valence-corrected chi connectivity index (χ1v) is 5.91. The zero-order valence-electron chi connectivity index (χ0n) is 9.89. The summed E-state index contributed by atoms with van der Waals surface area (Å²) in [5.41, 5.74) is 2.15. The van der Waals surface area contributed by atoms with Gasteiger partial charge < -0.3 is 10.6 Å². The number of hydrogen-bond donors (Lipinski definition) is 2. The highest BCUT2D eigenvalue weighted by Gasteiger charge is 2.17. The molecule has 1 aromatic rings. The van der Waals surface area contributed by atoms with E-state index < -0.39 is 0 Å². The van der Waals surface area contributed by atoms with E-state index in [1.807, 2.05) is 6.07 Å². The Balaban J connectivity index is 1.98. The van der Waals surface area contributed by atoms with Crippen molar-refractivity contribution < 1.29 is 4.39 Å². The summed E-state index contributed by atoms with van der Waals surface area (Å²) >= 11 is 0. The van der Waals surface area contributed by atoms with Crippen molar-refractivity contribution in [1.82, 2.24) is 5.32 Å². The maximum atomic E-state index is 13.0. The normalized spacial score (nSPS) is 19.4. The van der Waals surface area contributed by atoms with Crippen LogP contribution in [0.15, 0.2) is 18.2 Å². The van der Waals surface area contributed by atoms with Crippen molar-refractivity contribution in [2.75, 3.05) is 18.4 Å². The van der Waals surface area contributed by atoms with Gasteiger partial charge in [-0.25, -0.2) is 4.39 Å². The lowest BCUT2D eigenvalue weighted by Crippen LogP contribution is -2.41. The largest absolute Gasteiger partial charge is 0.383 e. The molecule has 1 aromatic carbocycles. The minimum Gasteiger partial charge on any atom is -0.383 e. The fraction of sp³-hybridized carbons (Fsp3) is 0.538. The molecule has 2 nitrogen and oxygen atoms in total. The molecule has 0 fully saturated rings. The van der Waals surface area contributed by atoms with E-state index in [-0.39, 0.29) is 5.82 Å². The molecular weight excluding hydrogens is 203 g/mol. The van der Waals surface area contributed by atoms with Gasteiger partial charge in [0.15, 0.2) is 0 Å². The summed E-state index contributed by atoms with van der Waals surface area (Å²) < 4.78 is 13.0. The van der Waals surface area contributed by atoms with Gasteiger partial charge in [-0.15, -0.1) is 0 Å². The van der Waals surface area contributed by atoms with Crippen molar-refractivity contribution in [3.63, 3.8) is 0 Å². The van der Waals surface area contributed by atoms with Gasteiger partial charge >= 0.3 is 0 Å². The van der Waals surface area contributed by atoms with Gasteiger partial charge in [-0.3, -0.25) is 0 Å². The van der Waals surface area contributed by atoms with Gasteiger partial charge in [0.1, 0.15) is 5.82 Å². The molecule has 88 valence electrons. The molecule has 0 bridgehead atoms. The second-order valence-electron chi connectivity index (χ2n) is 4.89. The van der Waals surface area contributed by atoms with Gasteiger partial charge in [0.05, 0.1) is 0 Å². The second kappa shape index (κ2) is 4.83. The molecule has 2 N–H and O–H groups in total. The predicted molar refractivity (Wildman–Crippen MR) is 65.2 cm³/mol. The number of benzene rings is 1. The topological polar surface area (TPSA) is 24.1 Å². The van der Waals surface area contributed by atoms with Gasteiger partial charge in [-0.2, -0.15) is 0 Å². The molecule has 0 saturated heterocycles. The van der Waals surface area contributed by atoms with Crippen LogP contribution >= 0.6 is 0 Å². The van der Waals surface area contributed by atoms with Crippen LogP contribution in [0.25, 0.3) is 0 Å². The number of halogens is 1. The molecule has 1 aliphatic heterocycles. The Labute approximate surface area is 96.2 Å². The highest BCUT2D eigenvalue weighted by Crippen LogP contribution is 2.22. The third-order valence-electron chi connectivity index (χ3n) is 2.89. The van der Waals surface area contributed by atoms with E-state index >= 15 is 0 Å². The predicted octanol–water partition coefficient (Wildman–Crippen LogP) is 2.41. The van der Waals surface area contributed by atoms with E-state index in [1.165, 1.54) is 11.6 Å². The Kier molecular flexibility index (Phi) is 3.44. The van der Waals surface area contributed by atoms with Crippen molar-refractivity contribution in [2.24, 2.45) is 5.92 Å². The first kappa shape index (κ1) is 11.4. The van der Waals surface area contributed by atoms with E-state index in [1.54, 1.807) is 6.07 Å². The van der Waals surface area contributed by atoms with Crippen molar-refractivity contribution in [2.45, 2.75) is 26.3 Å². The molecule has 1 aliphatic rings. The zero-order valence-corrected chi connectivity index (χ0v) is 9.89. The van der Waals surface area contributed by atoms with Crippen LogP contribution in [-0.4, -0.2) is 19.1 Å². The molecule has 0 radical (unpaired) electrons. The van der Waals surface area contributed by atoms with Crippen LogP contribution in [0, 0.1) is 11.7 Å². The average molecular weight is 222 g/mol. The molecule has 16 heavy (non-hydrogen) atoms. The maximum Gasteiger partial charge on any atom is 0.125 e. The van der Waals surface area contributed by atoms with Crippen molar-refractivity contribution in [3.8, 4) is 0 Å². The third kappa shape index (κ3) is 2.73. The van der Waals surface area contributed by atoms with Gasteiger partial charge in [0.2, 0.25) is 0 Å². The number of nitrogens with one attached hydrogen (secondary N) is 2. The van der Waals surface area contributed by atoms with Crippen LogP contribution in [0.4, 0.5) is 10.1 Å².